The summed E-state index contributed by atoms with van der Waals surface area (Å²) in [6.07, 6.45) is 1.56. The third kappa shape index (κ3) is 3.21. The average molecular weight is 369 g/mol. The van der Waals surface area contributed by atoms with Crippen molar-refractivity contribution in [1.82, 2.24) is 29.9 Å². The number of fused-ring (bicyclic) bond motifs is 1. The molecule has 1 amide bonds. The molecule has 0 aliphatic carbocycles. The Balaban J connectivity index is 2.16. The summed E-state index contributed by atoms with van der Waals surface area (Å²) >= 11 is 0. The Morgan fingerprint density at radius 1 is 1.41 bits per heavy atom. The third-order valence-electron chi connectivity index (χ3n) is 3.74. The van der Waals surface area contributed by atoms with E-state index in [4.69, 9.17) is 11.5 Å². The maximum Gasteiger partial charge on any atom is 0.270 e. The maximum atomic E-state index is 11.7. The van der Waals surface area contributed by atoms with E-state index < -0.39 is 5.91 Å². The number of aryl methyl sites for hydroxylation is 1. The fourth-order valence-corrected chi connectivity index (χ4v) is 2.51. The summed E-state index contributed by atoms with van der Waals surface area (Å²) in [6.45, 7) is 5.56. The van der Waals surface area contributed by atoms with Gasteiger partial charge in [-0.25, -0.2) is 0 Å². The molecule has 0 aliphatic rings. The van der Waals surface area contributed by atoms with E-state index in [9.17, 15) is 9.90 Å². The number of hydrogen-bond acceptors (Lipinski definition) is 8. The number of carbonyl (C=O) groups is 1. The number of hydrogen-bond donors (Lipinski definition) is 4. The molecule has 3 rings (SSSR count). The van der Waals surface area contributed by atoms with Crippen LogP contribution in [0.2, 0.25) is 0 Å². The summed E-state index contributed by atoms with van der Waals surface area (Å²) in [6, 6.07) is 1.71. The quantitative estimate of drug-likeness (QED) is 0.374. The van der Waals surface area contributed by atoms with Gasteiger partial charge in [0.2, 0.25) is 0 Å². The van der Waals surface area contributed by atoms with Crippen molar-refractivity contribution < 1.29 is 9.90 Å². The van der Waals surface area contributed by atoms with E-state index in [1.165, 1.54) is 4.68 Å². The standard InChI is InChI=1S/C16H19N9O2/c1-4-19-12(13(26)8(3)17)15-21-16(23-22-15)25-10-6-20-7(2)5-9(10)11(24-25)14(18)27/h5-6,26H,4,17H2,1-3H3,(H2,18,27)(H,21,22,23). The van der Waals surface area contributed by atoms with E-state index in [1.54, 1.807) is 26.1 Å². The van der Waals surface area contributed by atoms with E-state index in [0.717, 1.165) is 0 Å². The minimum Gasteiger partial charge on any atom is -0.504 e. The molecule has 0 bridgehead atoms. The van der Waals surface area contributed by atoms with Crippen LogP contribution in [0.3, 0.4) is 0 Å². The number of aliphatic hydroxyl groups excluding tert-OH is 1. The van der Waals surface area contributed by atoms with Crippen molar-refractivity contribution in [1.29, 1.82) is 0 Å². The van der Waals surface area contributed by atoms with Gasteiger partial charge in [-0.1, -0.05) is 0 Å². The lowest BCUT2D eigenvalue weighted by Gasteiger charge is -2.03. The van der Waals surface area contributed by atoms with Gasteiger partial charge in [0.15, 0.2) is 17.3 Å². The van der Waals surface area contributed by atoms with Crippen LogP contribution >= 0.6 is 0 Å². The van der Waals surface area contributed by atoms with Crippen molar-refractivity contribution >= 4 is 22.5 Å². The fourth-order valence-electron chi connectivity index (χ4n) is 2.51. The van der Waals surface area contributed by atoms with E-state index >= 15 is 0 Å². The topological polar surface area (TPSA) is 174 Å². The summed E-state index contributed by atoms with van der Waals surface area (Å²) in [5.41, 5.74) is 12.8. The number of H-pyrrole nitrogens is 1. The number of allylic oxidation sites excluding steroid dienone is 2. The lowest BCUT2D eigenvalue weighted by molar-refractivity contribution is 0.0996. The number of nitrogens with zero attached hydrogens (tertiary/aromatic N) is 6. The van der Waals surface area contributed by atoms with Crippen LogP contribution in [0, 0.1) is 6.92 Å². The number of aromatic nitrogens is 6. The summed E-state index contributed by atoms with van der Waals surface area (Å²) < 4.78 is 1.35. The molecule has 0 saturated carbocycles. The molecule has 0 aliphatic heterocycles. The lowest BCUT2D eigenvalue weighted by atomic mass is 10.2. The second-order valence-corrected chi connectivity index (χ2v) is 5.81. The molecule has 27 heavy (non-hydrogen) atoms. The molecule has 0 spiro atoms. The Morgan fingerprint density at radius 2 is 2.15 bits per heavy atom. The molecule has 0 radical (unpaired) electrons. The van der Waals surface area contributed by atoms with Crippen molar-refractivity contribution in [2.24, 2.45) is 16.5 Å². The average Bonchev–Trinajstić information content (AvgIpc) is 3.23. The number of aromatic amines is 1. The van der Waals surface area contributed by atoms with Crippen molar-refractivity contribution in [2.45, 2.75) is 20.8 Å². The minimum atomic E-state index is -0.673. The molecule has 140 valence electrons. The number of aliphatic hydroxyl groups is 1. The van der Waals surface area contributed by atoms with Crippen LogP contribution in [-0.2, 0) is 0 Å². The van der Waals surface area contributed by atoms with Gasteiger partial charge in [0, 0.05) is 23.3 Å². The molecule has 11 nitrogen and oxygen atoms in total. The molecular formula is C16H19N9O2. The third-order valence-corrected chi connectivity index (χ3v) is 3.74. The summed E-state index contributed by atoms with van der Waals surface area (Å²) in [7, 11) is 0. The maximum absolute atomic E-state index is 11.7. The Kier molecular flexibility index (Phi) is 4.59. The summed E-state index contributed by atoms with van der Waals surface area (Å²) in [5.74, 6) is -0.523. The number of carbonyl (C=O) groups excluding carboxylic acids is 1. The van der Waals surface area contributed by atoms with Gasteiger partial charge in [-0.05, 0) is 26.8 Å². The summed E-state index contributed by atoms with van der Waals surface area (Å²) in [4.78, 5) is 24.5. The second kappa shape index (κ2) is 6.86. The molecule has 3 aromatic rings. The normalized spacial score (nSPS) is 13.1. The molecular weight excluding hydrogens is 350 g/mol. The van der Waals surface area contributed by atoms with Crippen molar-refractivity contribution in [3.8, 4) is 5.95 Å². The van der Waals surface area contributed by atoms with Crippen LogP contribution in [0.5, 0.6) is 0 Å². The zero-order valence-corrected chi connectivity index (χ0v) is 15.1. The van der Waals surface area contributed by atoms with Crippen LogP contribution in [-0.4, -0.2) is 53.2 Å². The molecule has 6 N–H and O–H groups in total. The van der Waals surface area contributed by atoms with Gasteiger partial charge in [-0.3, -0.25) is 19.9 Å². The van der Waals surface area contributed by atoms with Crippen LogP contribution in [0.1, 0.15) is 35.9 Å². The van der Waals surface area contributed by atoms with Gasteiger partial charge < -0.3 is 16.6 Å². The summed E-state index contributed by atoms with van der Waals surface area (Å²) in [5, 5.41) is 21.7. The molecule has 0 aromatic carbocycles. The van der Waals surface area contributed by atoms with Crippen LogP contribution in [0.15, 0.2) is 28.7 Å². The number of aliphatic imine (C=N–C) groups is 1. The highest BCUT2D eigenvalue weighted by atomic mass is 16.3. The van der Waals surface area contributed by atoms with Gasteiger partial charge >= 0.3 is 0 Å². The molecule has 3 heterocycles. The number of pyridine rings is 1. The zero-order chi connectivity index (χ0) is 19.7. The highest BCUT2D eigenvalue weighted by Crippen LogP contribution is 2.21. The number of nitrogens with one attached hydrogen (secondary N) is 1. The van der Waals surface area contributed by atoms with Gasteiger partial charge in [0.25, 0.3) is 11.9 Å². The predicted octanol–water partition coefficient (Wildman–Crippen LogP) is 0.503. The van der Waals surface area contributed by atoms with E-state index in [1.807, 2.05) is 6.92 Å². The Morgan fingerprint density at radius 3 is 2.78 bits per heavy atom. The van der Waals surface area contributed by atoms with Gasteiger partial charge in [-0.15, -0.1) is 5.10 Å². The number of primary amides is 1. The van der Waals surface area contributed by atoms with Crippen molar-refractivity contribution in [3.63, 3.8) is 0 Å². The van der Waals surface area contributed by atoms with E-state index in [2.05, 4.69) is 30.3 Å². The first-order valence-corrected chi connectivity index (χ1v) is 8.12. The monoisotopic (exact) mass is 369 g/mol. The van der Waals surface area contributed by atoms with Gasteiger partial charge in [0.05, 0.1) is 11.7 Å². The first kappa shape index (κ1) is 18.0. The number of rotatable bonds is 5. The highest BCUT2D eigenvalue weighted by Gasteiger charge is 2.21. The van der Waals surface area contributed by atoms with Crippen LogP contribution < -0.4 is 11.5 Å². The molecule has 0 unspecified atom stereocenters. The predicted molar refractivity (Wildman–Crippen MR) is 98.7 cm³/mol. The Bertz CT molecular complexity index is 1090. The van der Waals surface area contributed by atoms with Crippen molar-refractivity contribution in [2.75, 3.05) is 6.54 Å². The van der Waals surface area contributed by atoms with Crippen molar-refractivity contribution in [3.05, 3.63) is 40.9 Å². The van der Waals surface area contributed by atoms with Gasteiger partial charge in [-0.2, -0.15) is 14.8 Å². The number of nitrogens with two attached hydrogens (primary N) is 2. The fraction of sp³-hybridized carbons (Fsp3) is 0.250. The molecule has 0 atom stereocenters. The largest absolute Gasteiger partial charge is 0.504 e. The highest BCUT2D eigenvalue weighted by molar-refractivity contribution is 6.09. The first-order valence-electron chi connectivity index (χ1n) is 8.12. The smallest absolute Gasteiger partial charge is 0.270 e. The first-order chi connectivity index (χ1) is 12.8. The zero-order valence-electron chi connectivity index (χ0n) is 15.1. The molecule has 3 aromatic heterocycles. The Labute approximate surface area is 153 Å². The van der Waals surface area contributed by atoms with E-state index in [-0.39, 0.29) is 34.6 Å². The van der Waals surface area contributed by atoms with Crippen LogP contribution in [0.4, 0.5) is 0 Å². The molecule has 0 saturated heterocycles. The van der Waals surface area contributed by atoms with E-state index in [0.29, 0.717) is 23.1 Å². The van der Waals surface area contributed by atoms with Crippen LogP contribution in [0.25, 0.3) is 16.9 Å². The SMILES string of the molecule is CCN=C(C(O)=C(C)N)c1nc(-n2nc(C(N)=O)c3cc(C)ncc32)n[nH]1. The second-order valence-electron chi connectivity index (χ2n) is 5.81. The van der Waals surface area contributed by atoms with Gasteiger partial charge in [0.1, 0.15) is 5.71 Å². The lowest BCUT2D eigenvalue weighted by Crippen LogP contribution is -2.13. The minimum absolute atomic E-state index is 0.0878. The Hall–Kier alpha value is -3.76. The molecule has 0 fully saturated rings. The number of amides is 1. The molecule has 11 heteroatoms.